The zero-order valence-electron chi connectivity index (χ0n) is 13.1. The van der Waals surface area contributed by atoms with E-state index in [1.54, 1.807) is 17.5 Å². The average Bonchev–Trinajstić information content (AvgIpc) is 2.91. The van der Waals surface area contributed by atoms with Crippen LogP contribution in [0.25, 0.3) is 0 Å². The molecular weight excluding hydrogens is 296 g/mol. The molecule has 0 aliphatic rings. The Hall–Kier alpha value is -2.01. The van der Waals surface area contributed by atoms with E-state index < -0.39 is 0 Å². The number of aryl methyl sites for hydroxylation is 3. The lowest BCUT2D eigenvalue weighted by atomic mass is 10.0. The van der Waals surface area contributed by atoms with Gasteiger partial charge in [-0.05, 0) is 38.0 Å². The summed E-state index contributed by atoms with van der Waals surface area (Å²) in [6, 6.07) is 5.65. The van der Waals surface area contributed by atoms with Crippen LogP contribution in [0.3, 0.4) is 0 Å². The van der Waals surface area contributed by atoms with Crippen molar-refractivity contribution >= 4 is 23.0 Å². The molecule has 0 aliphatic heterocycles. The van der Waals surface area contributed by atoms with E-state index >= 15 is 0 Å². The minimum Gasteiger partial charge on any atom is -0.351 e. The topological polar surface area (TPSA) is 59.1 Å². The second-order valence-electron chi connectivity index (χ2n) is 5.34. The van der Waals surface area contributed by atoms with Crippen molar-refractivity contribution in [3.05, 3.63) is 51.0 Å². The monoisotopic (exact) mass is 316 g/mol. The van der Waals surface area contributed by atoms with Crippen LogP contribution in [0.4, 0.5) is 0 Å². The van der Waals surface area contributed by atoms with Gasteiger partial charge in [0.25, 0.3) is 0 Å². The molecule has 0 saturated carbocycles. The van der Waals surface area contributed by atoms with Gasteiger partial charge < -0.3 is 5.32 Å². The normalized spacial score (nSPS) is 10.5. The molecule has 0 atom stereocenters. The number of carbonyl (C=O) groups is 2. The summed E-state index contributed by atoms with van der Waals surface area (Å²) in [5, 5.41) is 3.80. The molecule has 0 spiro atoms. The summed E-state index contributed by atoms with van der Waals surface area (Å²) in [5.74, 6) is -0.102. The van der Waals surface area contributed by atoms with Gasteiger partial charge in [0.1, 0.15) is 0 Å². The maximum absolute atomic E-state index is 12.1. The molecule has 1 amide bonds. The summed E-state index contributed by atoms with van der Waals surface area (Å²) in [5.41, 5.74) is 2.93. The highest BCUT2D eigenvalue weighted by Gasteiger charge is 2.10. The molecule has 0 radical (unpaired) electrons. The Balaban J connectivity index is 1.80. The number of rotatable bonds is 6. The van der Waals surface area contributed by atoms with Gasteiger partial charge in [-0.15, -0.1) is 11.3 Å². The number of Topliss-reactive ketones (excluding diaryl/α,β-unsaturated/α-hetero) is 1. The van der Waals surface area contributed by atoms with Crippen LogP contribution in [0.5, 0.6) is 0 Å². The number of hydrogen-bond donors (Lipinski definition) is 1. The predicted molar refractivity (Wildman–Crippen MR) is 88.2 cm³/mol. The highest BCUT2D eigenvalue weighted by atomic mass is 32.1. The molecule has 5 heteroatoms. The van der Waals surface area contributed by atoms with Crippen LogP contribution in [0.15, 0.2) is 24.4 Å². The largest absolute Gasteiger partial charge is 0.351 e. The SMILES string of the molecule is Cc1ncc(CNC(=O)CCC(=O)c2ccc(C)c(C)c2)s1. The molecule has 116 valence electrons. The number of nitrogens with one attached hydrogen (secondary N) is 1. The van der Waals surface area contributed by atoms with E-state index in [0.29, 0.717) is 12.1 Å². The van der Waals surface area contributed by atoms with E-state index in [4.69, 9.17) is 0 Å². The van der Waals surface area contributed by atoms with Crippen molar-refractivity contribution in [2.75, 3.05) is 0 Å². The number of benzene rings is 1. The Morgan fingerprint density at radius 3 is 2.55 bits per heavy atom. The van der Waals surface area contributed by atoms with Crippen LogP contribution in [0.1, 0.15) is 44.2 Å². The molecule has 1 N–H and O–H groups in total. The fraction of sp³-hybridized carbons (Fsp3) is 0.353. The maximum Gasteiger partial charge on any atom is 0.220 e. The molecule has 2 aromatic rings. The number of ketones is 1. The third-order valence-corrected chi connectivity index (χ3v) is 4.45. The standard InChI is InChI=1S/C17H20N2O2S/c1-11-4-5-14(8-12(11)2)16(20)6-7-17(21)19-10-15-9-18-13(3)22-15/h4-5,8-9H,6-7,10H2,1-3H3,(H,19,21). The van der Waals surface area contributed by atoms with Gasteiger partial charge in [-0.1, -0.05) is 12.1 Å². The minimum atomic E-state index is -0.108. The highest BCUT2D eigenvalue weighted by Crippen LogP contribution is 2.13. The first-order valence-electron chi connectivity index (χ1n) is 7.24. The van der Waals surface area contributed by atoms with E-state index in [1.165, 1.54) is 0 Å². The molecule has 1 aromatic heterocycles. The summed E-state index contributed by atoms with van der Waals surface area (Å²) < 4.78 is 0. The highest BCUT2D eigenvalue weighted by molar-refractivity contribution is 7.11. The summed E-state index contributed by atoms with van der Waals surface area (Å²) in [4.78, 5) is 29.1. The van der Waals surface area contributed by atoms with Crippen molar-refractivity contribution in [1.82, 2.24) is 10.3 Å². The summed E-state index contributed by atoms with van der Waals surface area (Å²) in [6.45, 7) is 6.40. The molecule has 0 fully saturated rings. The van der Waals surface area contributed by atoms with Gasteiger partial charge in [-0.2, -0.15) is 0 Å². The third kappa shape index (κ3) is 4.49. The van der Waals surface area contributed by atoms with Crippen molar-refractivity contribution in [2.45, 2.75) is 40.2 Å². The van der Waals surface area contributed by atoms with E-state index in [2.05, 4.69) is 10.3 Å². The molecular formula is C17H20N2O2S. The van der Waals surface area contributed by atoms with Gasteiger partial charge in [0, 0.05) is 29.5 Å². The van der Waals surface area contributed by atoms with Gasteiger partial charge in [0.2, 0.25) is 5.91 Å². The molecule has 22 heavy (non-hydrogen) atoms. The lowest BCUT2D eigenvalue weighted by Gasteiger charge is -2.05. The number of carbonyl (C=O) groups excluding carboxylic acids is 2. The van der Waals surface area contributed by atoms with Gasteiger partial charge in [0.05, 0.1) is 11.6 Å². The lowest BCUT2D eigenvalue weighted by Crippen LogP contribution is -2.22. The number of hydrogen-bond acceptors (Lipinski definition) is 4. The Bertz CT molecular complexity index is 692. The van der Waals surface area contributed by atoms with Crippen LogP contribution in [-0.2, 0) is 11.3 Å². The Kier molecular flexibility index (Phi) is 5.44. The van der Waals surface area contributed by atoms with E-state index in [1.807, 2.05) is 39.0 Å². The number of aromatic nitrogens is 1. The second kappa shape index (κ2) is 7.31. The molecule has 2 rings (SSSR count). The van der Waals surface area contributed by atoms with Gasteiger partial charge >= 0.3 is 0 Å². The summed E-state index contributed by atoms with van der Waals surface area (Å²) in [7, 11) is 0. The van der Waals surface area contributed by atoms with Gasteiger partial charge in [-0.3, -0.25) is 9.59 Å². The van der Waals surface area contributed by atoms with Crippen LogP contribution < -0.4 is 5.32 Å². The molecule has 0 saturated heterocycles. The molecule has 0 bridgehead atoms. The third-order valence-electron chi connectivity index (χ3n) is 3.54. The molecule has 0 aliphatic carbocycles. The average molecular weight is 316 g/mol. The van der Waals surface area contributed by atoms with Crippen LogP contribution in [-0.4, -0.2) is 16.7 Å². The maximum atomic E-state index is 12.1. The van der Waals surface area contributed by atoms with Crippen LogP contribution in [0.2, 0.25) is 0 Å². The molecule has 1 aromatic carbocycles. The van der Waals surface area contributed by atoms with Crippen LogP contribution >= 0.6 is 11.3 Å². The smallest absolute Gasteiger partial charge is 0.220 e. The summed E-state index contributed by atoms with van der Waals surface area (Å²) in [6.07, 6.45) is 2.21. The van der Waals surface area contributed by atoms with Gasteiger partial charge in [-0.25, -0.2) is 4.98 Å². The van der Waals surface area contributed by atoms with Gasteiger partial charge in [0.15, 0.2) is 5.78 Å². The fourth-order valence-corrected chi connectivity index (χ4v) is 2.78. The zero-order valence-corrected chi connectivity index (χ0v) is 13.9. The first kappa shape index (κ1) is 16.4. The first-order chi connectivity index (χ1) is 10.5. The Morgan fingerprint density at radius 1 is 1.14 bits per heavy atom. The van der Waals surface area contributed by atoms with Crippen molar-refractivity contribution in [3.63, 3.8) is 0 Å². The Labute approximate surface area is 134 Å². The minimum absolute atomic E-state index is 0.00637. The summed E-state index contributed by atoms with van der Waals surface area (Å²) >= 11 is 1.56. The molecule has 1 heterocycles. The van der Waals surface area contributed by atoms with Crippen molar-refractivity contribution in [1.29, 1.82) is 0 Å². The number of nitrogens with zero attached hydrogens (tertiary/aromatic N) is 1. The van der Waals surface area contributed by atoms with Crippen molar-refractivity contribution < 1.29 is 9.59 Å². The second-order valence-corrected chi connectivity index (χ2v) is 6.66. The van der Waals surface area contributed by atoms with E-state index in [0.717, 1.165) is 21.0 Å². The van der Waals surface area contributed by atoms with E-state index in [-0.39, 0.29) is 24.5 Å². The number of thiazole rings is 1. The molecule has 0 unspecified atom stereocenters. The number of amides is 1. The van der Waals surface area contributed by atoms with Crippen molar-refractivity contribution in [2.24, 2.45) is 0 Å². The van der Waals surface area contributed by atoms with E-state index in [9.17, 15) is 9.59 Å². The predicted octanol–water partition coefficient (Wildman–Crippen LogP) is 3.35. The fourth-order valence-electron chi connectivity index (χ4n) is 2.05. The lowest BCUT2D eigenvalue weighted by molar-refractivity contribution is -0.121. The quantitative estimate of drug-likeness (QED) is 0.831. The Morgan fingerprint density at radius 2 is 1.91 bits per heavy atom. The van der Waals surface area contributed by atoms with Crippen LogP contribution in [0, 0.1) is 20.8 Å². The van der Waals surface area contributed by atoms with Crippen molar-refractivity contribution in [3.8, 4) is 0 Å². The zero-order chi connectivity index (χ0) is 16.1. The first-order valence-corrected chi connectivity index (χ1v) is 8.06. The molecule has 4 nitrogen and oxygen atoms in total.